The Hall–Kier alpha value is -3.25. The number of oxime groups is 1. The highest BCUT2D eigenvalue weighted by atomic mass is 32.2. The number of rotatable bonds is 8. The van der Waals surface area contributed by atoms with E-state index < -0.39 is 10.0 Å². The van der Waals surface area contributed by atoms with Crippen molar-refractivity contribution in [2.24, 2.45) is 5.16 Å². The largest absolute Gasteiger partial charge is 0.493 e. The average molecular weight is 503 g/mol. The molecular formula is C23H30N6O5S. The Balaban J connectivity index is 1.80. The van der Waals surface area contributed by atoms with Crippen LogP contribution < -0.4 is 10.3 Å². The molecule has 1 N–H and O–H groups in total. The van der Waals surface area contributed by atoms with Gasteiger partial charge in [0.15, 0.2) is 11.3 Å². The van der Waals surface area contributed by atoms with Gasteiger partial charge in [0.1, 0.15) is 18.7 Å². The fourth-order valence-corrected chi connectivity index (χ4v) is 5.70. The van der Waals surface area contributed by atoms with Crippen molar-refractivity contribution in [3.05, 3.63) is 40.1 Å². The maximum atomic E-state index is 13.4. The minimum atomic E-state index is -3.78. The smallest absolute Gasteiger partial charge is 0.277 e. The Morgan fingerprint density at radius 2 is 1.94 bits per heavy atom. The fourth-order valence-electron chi connectivity index (χ4n) is 4.23. The van der Waals surface area contributed by atoms with Gasteiger partial charge in [-0.2, -0.15) is 4.31 Å². The van der Waals surface area contributed by atoms with Gasteiger partial charge in [-0.05, 0) is 38.5 Å². The molecule has 0 saturated carbocycles. The number of hydrogen-bond acceptors (Lipinski definition) is 8. The van der Waals surface area contributed by atoms with E-state index in [4.69, 9.17) is 9.57 Å². The third kappa shape index (κ3) is 4.80. The summed E-state index contributed by atoms with van der Waals surface area (Å²) in [5.41, 5.74) is 1.84. The van der Waals surface area contributed by atoms with Crippen molar-refractivity contribution < 1.29 is 18.0 Å². The number of benzene rings is 1. The van der Waals surface area contributed by atoms with Gasteiger partial charge < -0.3 is 14.6 Å². The number of aromatic nitrogens is 4. The summed E-state index contributed by atoms with van der Waals surface area (Å²) in [6.45, 7) is 6.61. The summed E-state index contributed by atoms with van der Waals surface area (Å²) < 4.78 is 35.6. The quantitative estimate of drug-likeness (QED) is 0.468. The molecule has 35 heavy (non-hydrogen) atoms. The molecule has 1 saturated heterocycles. The second kappa shape index (κ2) is 10.2. The van der Waals surface area contributed by atoms with Crippen LogP contribution in [-0.2, 0) is 21.3 Å². The molecule has 1 aliphatic rings. The van der Waals surface area contributed by atoms with Gasteiger partial charge in [0.05, 0.1) is 28.5 Å². The van der Waals surface area contributed by atoms with E-state index in [2.05, 4.69) is 20.2 Å². The van der Waals surface area contributed by atoms with Crippen molar-refractivity contribution >= 4 is 21.3 Å². The molecule has 1 fully saturated rings. The molecule has 0 bridgehead atoms. The van der Waals surface area contributed by atoms with Crippen LogP contribution in [0.1, 0.15) is 44.6 Å². The lowest BCUT2D eigenvalue weighted by Gasteiger charge is -2.27. The Labute approximate surface area is 203 Å². The number of fused-ring (bicyclic) bond motifs is 1. The highest BCUT2D eigenvalue weighted by Crippen LogP contribution is 2.32. The summed E-state index contributed by atoms with van der Waals surface area (Å²) >= 11 is 0. The van der Waals surface area contributed by atoms with E-state index >= 15 is 0 Å². The predicted molar refractivity (Wildman–Crippen MR) is 131 cm³/mol. The van der Waals surface area contributed by atoms with Gasteiger partial charge in [-0.1, -0.05) is 12.1 Å². The first-order valence-corrected chi connectivity index (χ1v) is 13.1. The van der Waals surface area contributed by atoms with Crippen molar-refractivity contribution in [1.29, 1.82) is 0 Å². The molecule has 12 heteroatoms. The normalized spacial score (nSPS) is 14.9. The minimum Gasteiger partial charge on any atom is -0.493 e. The Bertz CT molecular complexity index is 1420. The van der Waals surface area contributed by atoms with Crippen molar-refractivity contribution in [3.63, 3.8) is 0 Å². The number of imidazole rings is 1. The molecule has 3 heterocycles. The van der Waals surface area contributed by atoms with Crippen LogP contribution in [0.15, 0.2) is 33.0 Å². The van der Waals surface area contributed by atoms with Crippen LogP contribution in [0, 0.1) is 6.92 Å². The summed E-state index contributed by atoms with van der Waals surface area (Å²) in [4.78, 5) is 25.2. The highest BCUT2D eigenvalue weighted by Gasteiger charge is 2.29. The van der Waals surface area contributed by atoms with Gasteiger partial charge in [0.25, 0.3) is 5.56 Å². The molecule has 4 rings (SSSR count). The first kappa shape index (κ1) is 24.9. The molecule has 1 aromatic carbocycles. The summed E-state index contributed by atoms with van der Waals surface area (Å²) in [6, 6.07) is 4.62. The van der Waals surface area contributed by atoms with E-state index in [1.54, 1.807) is 17.5 Å². The Morgan fingerprint density at radius 1 is 1.20 bits per heavy atom. The topological polar surface area (TPSA) is 131 Å². The number of hydrogen-bond donors (Lipinski definition) is 1. The molecule has 188 valence electrons. The zero-order valence-electron chi connectivity index (χ0n) is 20.4. The number of aryl methyl sites for hydroxylation is 2. The van der Waals surface area contributed by atoms with Crippen LogP contribution in [0.25, 0.3) is 16.9 Å². The molecular weight excluding hydrogens is 472 g/mol. The zero-order valence-corrected chi connectivity index (χ0v) is 21.2. The SMILES string of the molecule is CCCc1nc(C)c2c(=O)[nH]c(-c3cc(S(=O)(=O)N4CCC(=NOC)CC4)ccc3OCC)nn12. The van der Waals surface area contributed by atoms with Gasteiger partial charge in [0, 0.05) is 32.4 Å². The first-order valence-electron chi connectivity index (χ1n) is 11.6. The molecule has 1 aliphatic heterocycles. The molecule has 11 nitrogen and oxygen atoms in total. The number of aromatic amines is 1. The Morgan fingerprint density at radius 3 is 2.60 bits per heavy atom. The molecule has 0 amide bonds. The third-order valence-corrected chi connectivity index (χ3v) is 7.77. The van der Waals surface area contributed by atoms with E-state index in [-0.39, 0.29) is 16.3 Å². The molecule has 0 unspecified atom stereocenters. The molecule has 3 aromatic rings. The van der Waals surface area contributed by atoms with Gasteiger partial charge >= 0.3 is 0 Å². The average Bonchev–Trinajstić information content (AvgIpc) is 3.15. The van der Waals surface area contributed by atoms with Crippen LogP contribution in [0.2, 0.25) is 0 Å². The lowest BCUT2D eigenvalue weighted by atomic mass is 10.1. The van der Waals surface area contributed by atoms with Crippen LogP contribution in [0.5, 0.6) is 5.75 Å². The lowest BCUT2D eigenvalue weighted by molar-refractivity contribution is 0.209. The molecule has 0 aliphatic carbocycles. The highest BCUT2D eigenvalue weighted by molar-refractivity contribution is 7.89. The number of piperidine rings is 1. The number of nitrogens with zero attached hydrogens (tertiary/aromatic N) is 5. The summed E-state index contributed by atoms with van der Waals surface area (Å²) in [6.07, 6.45) is 2.50. The van der Waals surface area contributed by atoms with Gasteiger partial charge in [0.2, 0.25) is 10.0 Å². The van der Waals surface area contributed by atoms with Crippen molar-refractivity contribution in [3.8, 4) is 17.1 Å². The first-order chi connectivity index (χ1) is 16.8. The predicted octanol–water partition coefficient (Wildman–Crippen LogP) is 2.53. The second-order valence-corrected chi connectivity index (χ2v) is 10.2. The second-order valence-electron chi connectivity index (χ2n) is 8.26. The van der Waals surface area contributed by atoms with E-state index in [9.17, 15) is 13.2 Å². The van der Waals surface area contributed by atoms with Crippen molar-refractivity contribution in [2.75, 3.05) is 26.8 Å². The van der Waals surface area contributed by atoms with Gasteiger partial charge in [-0.25, -0.2) is 17.9 Å². The Kier molecular flexibility index (Phi) is 7.22. The van der Waals surface area contributed by atoms with E-state index in [1.165, 1.54) is 23.5 Å². The molecule has 0 spiro atoms. The van der Waals surface area contributed by atoms with Gasteiger partial charge in [-0.15, -0.1) is 5.10 Å². The number of H-pyrrole nitrogens is 1. The number of ether oxygens (including phenoxy) is 1. The molecule has 0 atom stereocenters. The molecule has 0 radical (unpaired) electrons. The van der Waals surface area contributed by atoms with Crippen molar-refractivity contribution in [2.45, 2.75) is 51.3 Å². The number of nitrogens with one attached hydrogen (secondary N) is 1. The van der Waals surface area contributed by atoms with E-state index in [1.807, 2.05) is 13.8 Å². The van der Waals surface area contributed by atoms with Crippen molar-refractivity contribution in [1.82, 2.24) is 23.9 Å². The minimum absolute atomic E-state index is 0.0985. The van der Waals surface area contributed by atoms with Crippen LogP contribution in [-0.4, -0.2) is 64.8 Å². The van der Waals surface area contributed by atoms with E-state index in [0.717, 1.165) is 12.1 Å². The summed E-state index contributed by atoms with van der Waals surface area (Å²) in [5, 5.41) is 8.58. The number of sulfonamides is 1. The van der Waals surface area contributed by atoms with Crippen LogP contribution >= 0.6 is 0 Å². The summed E-state index contributed by atoms with van der Waals surface area (Å²) in [5.74, 6) is 1.32. The maximum absolute atomic E-state index is 13.4. The van der Waals surface area contributed by atoms with Gasteiger partial charge in [-0.3, -0.25) is 4.79 Å². The third-order valence-electron chi connectivity index (χ3n) is 5.88. The molecule has 2 aromatic heterocycles. The van der Waals surface area contributed by atoms with Crippen LogP contribution in [0.4, 0.5) is 0 Å². The van der Waals surface area contributed by atoms with Crippen LogP contribution in [0.3, 0.4) is 0 Å². The maximum Gasteiger partial charge on any atom is 0.277 e. The monoisotopic (exact) mass is 502 g/mol. The summed E-state index contributed by atoms with van der Waals surface area (Å²) in [7, 11) is -2.31. The zero-order chi connectivity index (χ0) is 25.2. The lowest BCUT2D eigenvalue weighted by Crippen LogP contribution is -2.38. The standard InChI is InChI=1S/C23H30N6O5S/c1-5-7-20-24-15(3)21-23(30)25-22(26-29(20)21)18-14-17(8-9-19(18)34-6-2)35(31,32)28-12-10-16(11-13-28)27-33-4/h8-9,14H,5-7,10-13H2,1-4H3,(H,25,26,30). The fraction of sp³-hybridized carbons (Fsp3) is 0.478. The van der Waals surface area contributed by atoms with E-state index in [0.29, 0.717) is 67.3 Å².